The van der Waals surface area contributed by atoms with Crippen LogP contribution in [0.4, 0.5) is 0 Å². The van der Waals surface area contributed by atoms with Crippen molar-refractivity contribution in [1.29, 1.82) is 0 Å². The molecule has 1 saturated carbocycles. The first-order valence-electron chi connectivity index (χ1n) is 7.85. The molecule has 0 aromatic heterocycles. The molecule has 0 spiro atoms. The lowest BCUT2D eigenvalue weighted by molar-refractivity contribution is 0.0459. The van der Waals surface area contributed by atoms with Gasteiger partial charge in [0.2, 0.25) is 0 Å². The monoisotopic (exact) mass is 254 g/mol. The van der Waals surface area contributed by atoms with Crippen molar-refractivity contribution in [1.82, 2.24) is 10.2 Å². The lowest BCUT2D eigenvalue weighted by Gasteiger charge is -2.40. The van der Waals surface area contributed by atoms with Crippen molar-refractivity contribution in [3.63, 3.8) is 0 Å². The van der Waals surface area contributed by atoms with Crippen LogP contribution in [0.3, 0.4) is 0 Å². The lowest BCUT2D eigenvalue weighted by Crippen LogP contribution is -2.53. The van der Waals surface area contributed by atoms with E-state index in [1.807, 2.05) is 6.92 Å². The molecule has 0 bridgehead atoms. The minimum Gasteiger partial charge on any atom is -0.393 e. The van der Waals surface area contributed by atoms with Gasteiger partial charge in [0.1, 0.15) is 0 Å². The SMILES string of the molecule is CCCN1CC(NC2CCCC2)CC(C(C)O)C1. The van der Waals surface area contributed by atoms with Gasteiger partial charge in [-0.3, -0.25) is 0 Å². The predicted octanol–water partition coefficient (Wildman–Crippen LogP) is 2.00. The quantitative estimate of drug-likeness (QED) is 0.788. The molecule has 3 unspecified atom stereocenters. The summed E-state index contributed by atoms with van der Waals surface area (Å²) in [5.74, 6) is 0.448. The topological polar surface area (TPSA) is 35.5 Å². The summed E-state index contributed by atoms with van der Waals surface area (Å²) in [6, 6.07) is 1.33. The average molecular weight is 254 g/mol. The molecule has 1 saturated heterocycles. The smallest absolute Gasteiger partial charge is 0.0553 e. The molecule has 0 aromatic rings. The van der Waals surface area contributed by atoms with E-state index in [1.54, 1.807) is 0 Å². The first kappa shape index (κ1) is 14.3. The highest BCUT2D eigenvalue weighted by molar-refractivity contribution is 4.88. The van der Waals surface area contributed by atoms with Crippen LogP contribution in [-0.4, -0.2) is 47.8 Å². The number of nitrogens with zero attached hydrogens (tertiary/aromatic N) is 1. The third kappa shape index (κ3) is 3.94. The highest BCUT2D eigenvalue weighted by Gasteiger charge is 2.30. The summed E-state index contributed by atoms with van der Waals surface area (Å²) in [7, 11) is 0. The largest absolute Gasteiger partial charge is 0.393 e. The summed E-state index contributed by atoms with van der Waals surface area (Å²) < 4.78 is 0. The molecule has 0 amide bonds. The zero-order valence-corrected chi connectivity index (χ0v) is 12.1. The molecule has 18 heavy (non-hydrogen) atoms. The Hall–Kier alpha value is -0.120. The maximum Gasteiger partial charge on any atom is 0.0553 e. The van der Waals surface area contributed by atoms with Gasteiger partial charge < -0.3 is 15.3 Å². The van der Waals surface area contributed by atoms with Gasteiger partial charge in [0, 0.05) is 25.2 Å². The van der Waals surface area contributed by atoms with Crippen LogP contribution in [0.25, 0.3) is 0 Å². The van der Waals surface area contributed by atoms with Crippen molar-refractivity contribution in [2.75, 3.05) is 19.6 Å². The fraction of sp³-hybridized carbons (Fsp3) is 1.00. The minimum atomic E-state index is -0.169. The molecule has 3 nitrogen and oxygen atoms in total. The van der Waals surface area contributed by atoms with Crippen molar-refractivity contribution in [3.8, 4) is 0 Å². The summed E-state index contributed by atoms with van der Waals surface area (Å²) in [4.78, 5) is 2.54. The van der Waals surface area contributed by atoms with Crippen molar-refractivity contribution in [2.45, 2.75) is 70.6 Å². The van der Waals surface area contributed by atoms with Crippen molar-refractivity contribution < 1.29 is 5.11 Å². The van der Waals surface area contributed by atoms with Gasteiger partial charge in [-0.15, -0.1) is 0 Å². The number of hydrogen-bond donors (Lipinski definition) is 2. The Kier molecular flexibility index (Phi) is 5.46. The van der Waals surface area contributed by atoms with E-state index >= 15 is 0 Å². The van der Waals surface area contributed by atoms with E-state index in [4.69, 9.17) is 0 Å². The molecule has 1 heterocycles. The van der Waals surface area contributed by atoms with Crippen LogP contribution in [0.1, 0.15) is 52.4 Å². The van der Waals surface area contributed by atoms with Crippen LogP contribution in [0.5, 0.6) is 0 Å². The number of aliphatic hydroxyl groups is 1. The second-order valence-corrected chi connectivity index (χ2v) is 6.34. The maximum atomic E-state index is 9.89. The first-order chi connectivity index (χ1) is 8.69. The van der Waals surface area contributed by atoms with Crippen molar-refractivity contribution in [3.05, 3.63) is 0 Å². The lowest BCUT2D eigenvalue weighted by atomic mass is 9.89. The summed E-state index contributed by atoms with van der Waals surface area (Å²) in [5.41, 5.74) is 0. The van der Waals surface area contributed by atoms with Crippen molar-refractivity contribution >= 4 is 0 Å². The van der Waals surface area contributed by atoms with Gasteiger partial charge >= 0.3 is 0 Å². The molecule has 0 aromatic carbocycles. The van der Waals surface area contributed by atoms with Gasteiger partial charge in [0.15, 0.2) is 0 Å². The molecule has 2 N–H and O–H groups in total. The second-order valence-electron chi connectivity index (χ2n) is 6.34. The van der Waals surface area contributed by atoms with Gasteiger partial charge in [-0.2, -0.15) is 0 Å². The molecule has 1 aliphatic heterocycles. The Morgan fingerprint density at radius 1 is 1.22 bits per heavy atom. The number of aliphatic hydroxyl groups excluding tert-OH is 1. The summed E-state index contributed by atoms with van der Waals surface area (Å²) >= 11 is 0. The normalized spacial score (nSPS) is 32.8. The van der Waals surface area contributed by atoms with Crippen LogP contribution in [0.15, 0.2) is 0 Å². The number of rotatable bonds is 5. The van der Waals surface area contributed by atoms with E-state index in [2.05, 4.69) is 17.1 Å². The molecule has 106 valence electrons. The first-order valence-corrected chi connectivity index (χ1v) is 7.85. The Morgan fingerprint density at radius 3 is 2.56 bits per heavy atom. The fourth-order valence-corrected chi connectivity index (χ4v) is 3.63. The summed E-state index contributed by atoms with van der Waals surface area (Å²) in [5, 5.41) is 13.7. The van der Waals surface area contributed by atoms with Gasteiger partial charge in [-0.05, 0) is 45.1 Å². The van der Waals surface area contributed by atoms with E-state index in [9.17, 15) is 5.11 Å². The molecule has 2 rings (SSSR count). The van der Waals surface area contributed by atoms with Crippen LogP contribution in [-0.2, 0) is 0 Å². The zero-order chi connectivity index (χ0) is 13.0. The van der Waals surface area contributed by atoms with E-state index in [1.165, 1.54) is 45.2 Å². The van der Waals surface area contributed by atoms with Gasteiger partial charge in [-0.25, -0.2) is 0 Å². The van der Waals surface area contributed by atoms with Gasteiger partial charge in [0.25, 0.3) is 0 Å². The maximum absolute atomic E-state index is 9.89. The van der Waals surface area contributed by atoms with Crippen LogP contribution >= 0.6 is 0 Å². The van der Waals surface area contributed by atoms with Crippen LogP contribution < -0.4 is 5.32 Å². The second kappa shape index (κ2) is 6.88. The van der Waals surface area contributed by atoms with Gasteiger partial charge in [0.05, 0.1) is 6.10 Å². The number of likely N-dealkylation sites (tertiary alicyclic amines) is 1. The van der Waals surface area contributed by atoms with Crippen LogP contribution in [0.2, 0.25) is 0 Å². The Bertz CT molecular complexity index is 237. The summed E-state index contributed by atoms with van der Waals surface area (Å²) in [6.07, 6.45) is 7.67. The molecule has 2 aliphatic rings. The molecule has 0 radical (unpaired) electrons. The predicted molar refractivity (Wildman–Crippen MR) is 75.7 cm³/mol. The molecule has 3 atom stereocenters. The van der Waals surface area contributed by atoms with E-state index in [0.717, 1.165) is 19.0 Å². The third-order valence-corrected chi connectivity index (χ3v) is 4.61. The Balaban J connectivity index is 1.87. The van der Waals surface area contributed by atoms with E-state index < -0.39 is 0 Å². The van der Waals surface area contributed by atoms with E-state index in [-0.39, 0.29) is 6.10 Å². The highest BCUT2D eigenvalue weighted by Crippen LogP contribution is 2.24. The summed E-state index contributed by atoms with van der Waals surface area (Å²) in [6.45, 7) is 7.62. The Labute approximate surface area is 112 Å². The zero-order valence-electron chi connectivity index (χ0n) is 12.1. The van der Waals surface area contributed by atoms with Crippen LogP contribution in [0, 0.1) is 5.92 Å². The fourth-order valence-electron chi connectivity index (χ4n) is 3.63. The third-order valence-electron chi connectivity index (χ3n) is 4.61. The van der Waals surface area contributed by atoms with Gasteiger partial charge in [-0.1, -0.05) is 19.8 Å². The average Bonchev–Trinajstić information content (AvgIpc) is 2.82. The van der Waals surface area contributed by atoms with E-state index in [0.29, 0.717) is 12.0 Å². The van der Waals surface area contributed by atoms with Crippen molar-refractivity contribution in [2.24, 2.45) is 5.92 Å². The molecule has 1 aliphatic carbocycles. The standard InChI is InChI=1S/C15H30N2O/c1-3-8-17-10-13(12(2)18)9-15(11-17)16-14-6-4-5-7-14/h12-16,18H,3-11H2,1-2H3. The Morgan fingerprint density at radius 2 is 1.94 bits per heavy atom. The number of hydrogen-bond acceptors (Lipinski definition) is 3. The molecular formula is C15H30N2O. The number of piperidine rings is 1. The molecular weight excluding hydrogens is 224 g/mol. The molecule has 2 fully saturated rings. The highest BCUT2D eigenvalue weighted by atomic mass is 16.3. The number of nitrogens with one attached hydrogen (secondary N) is 1. The minimum absolute atomic E-state index is 0.169. The molecule has 3 heteroatoms.